The molecule has 0 aliphatic heterocycles. The van der Waals surface area contributed by atoms with E-state index in [1.807, 2.05) is 0 Å². The molecule has 1 fully saturated rings. The molecular weight excluding hydrogens is 168 g/mol. The van der Waals surface area contributed by atoms with Gasteiger partial charge in [0, 0.05) is 0 Å². The van der Waals surface area contributed by atoms with Crippen LogP contribution in [0.25, 0.3) is 0 Å². The van der Waals surface area contributed by atoms with Gasteiger partial charge >= 0.3 is 0 Å². The molecule has 0 N–H and O–H groups in total. The van der Waals surface area contributed by atoms with Crippen LogP contribution in [0.15, 0.2) is 0 Å². The molecule has 0 aromatic carbocycles. The van der Waals surface area contributed by atoms with Crippen molar-refractivity contribution in [3.63, 3.8) is 0 Å². The van der Waals surface area contributed by atoms with Crippen molar-refractivity contribution in [2.45, 2.75) is 60.8 Å². The van der Waals surface area contributed by atoms with Gasteiger partial charge in [-0.2, -0.15) is 0 Å². The maximum atomic E-state index is 2.47. The minimum Gasteiger partial charge on any atom is -0.0625 e. The first-order valence-corrected chi connectivity index (χ1v) is 6.34. The Balaban J connectivity index is 2.68. The predicted molar refractivity (Wildman–Crippen MR) is 64.3 cm³/mol. The SMILES string of the molecule is CC(C)C1CCC(C)(C)C(C(C)C)C1. The Morgan fingerprint density at radius 3 is 2.00 bits per heavy atom. The quantitative estimate of drug-likeness (QED) is 0.598. The molecule has 0 heterocycles. The van der Waals surface area contributed by atoms with Gasteiger partial charge in [-0.3, -0.25) is 0 Å². The molecule has 2 unspecified atom stereocenters. The molecule has 0 bridgehead atoms. The van der Waals surface area contributed by atoms with Gasteiger partial charge in [-0.15, -0.1) is 0 Å². The van der Waals surface area contributed by atoms with E-state index in [0.717, 1.165) is 23.7 Å². The largest absolute Gasteiger partial charge is 0.0625 e. The highest BCUT2D eigenvalue weighted by molar-refractivity contribution is 4.88. The van der Waals surface area contributed by atoms with Crippen LogP contribution >= 0.6 is 0 Å². The summed E-state index contributed by atoms with van der Waals surface area (Å²) in [6, 6.07) is 0. The summed E-state index contributed by atoms with van der Waals surface area (Å²) in [5.41, 5.74) is 0.583. The monoisotopic (exact) mass is 196 g/mol. The van der Waals surface area contributed by atoms with Crippen molar-refractivity contribution in [1.29, 1.82) is 0 Å². The smallest absolute Gasteiger partial charge is 0.0323 e. The highest BCUT2D eigenvalue weighted by Gasteiger charge is 2.38. The number of hydrogen-bond acceptors (Lipinski definition) is 0. The summed E-state index contributed by atoms with van der Waals surface area (Å²) in [7, 11) is 0. The molecule has 1 aliphatic rings. The fourth-order valence-electron chi connectivity index (χ4n) is 3.29. The van der Waals surface area contributed by atoms with Gasteiger partial charge in [0.05, 0.1) is 0 Å². The average Bonchev–Trinajstić information content (AvgIpc) is 2.02. The second kappa shape index (κ2) is 4.24. The Morgan fingerprint density at radius 1 is 1.00 bits per heavy atom. The molecule has 0 radical (unpaired) electrons. The van der Waals surface area contributed by atoms with Gasteiger partial charge in [-0.25, -0.2) is 0 Å². The first-order valence-electron chi connectivity index (χ1n) is 6.34. The average molecular weight is 196 g/mol. The zero-order valence-corrected chi connectivity index (χ0v) is 10.9. The molecule has 1 aliphatic carbocycles. The van der Waals surface area contributed by atoms with E-state index in [9.17, 15) is 0 Å². The van der Waals surface area contributed by atoms with Crippen molar-refractivity contribution >= 4 is 0 Å². The molecule has 0 spiro atoms. The van der Waals surface area contributed by atoms with Gasteiger partial charge in [0.15, 0.2) is 0 Å². The first kappa shape index (κ1) is 12.1. The lowest BCUT2D eigenvalue weighted by Crippen LogP contribution is -2.36. The normalized spacial score (nSPS) is 32.6. The zero-order chi connectivity index (χ0) is 10.9. The first-order chi connectivity index (χ1) is 6.34. The van der Waals surface area contributed by atoms with Gasteiger partial charge in [-0.05, 0) is 48.3 Å². The van der Waals surface area contributed by atoms with Crippen LogP contribution in [-0.4, -0.2) is 0 Å². The van der Waals surface area contributed by atoms with E-state index in [0.29, 0.717) is 5.41 Å². The van der Waals surface area contributed by atoms with Crippen LogP contribution in [0.4, 0.5) is 0 Å². The highest BCUT2D eigenvalue weighted by Crippen LogP contribution is 2.48. The second-order valence-electron chi connectivity index (χ2n) is 6.62. The topological polar surface area (TPSA) is 0 Å². The van der Waals surface area contributed by atoms with Crippen LogP contribution in [0.2, 0.25) is 0 Å². The van der Waals surface area contributed by atoms with Gasteiger partial charge < -0.3 is 0 Å². The van der Waals surface area contributed by atoms with Crippen molar-refractivity contribution < 1.29 is 0 Å². The van der Waals surface area contributed by atoms with Crippen LogP contribution in [0.1, 0.15) is 60.8 Å². The lowest BCUT2D eigenvalue weighted by Gasteiger charge is -2.45. The summed E-state index contributed by atoms with van der Waals surface area (Å²) < 4.78 is 0. The minimum absolute atomic E-state index is 0.583. The van der Waals surface area contributed by atoms with Crippen molar-refractivity contribution in [3.8, 4) is 0 Å². The maximum Gasteiger partial charge on any atom is -0.0323 e. The van der Waals surface area contributed by atoms with E-state index in [-0.39, 0.29) is 0 Å². The van der Waals surface area contributed by atoms with Crippen LogP contribution in [0.3, 0.4) is 0 Å². The summed E-state index contributed by atoms with van der Waals surface area (Å²) in [5.74, 6) is 3.65. The highest BCUT2D eigenvalue weighted by atomic mass is 14.4. The van der Waals surface area contributed by atoms with Crippen molar-refractivity contribution in [2.75, 3.05) is 0 Å². The van der Waals surface area contributed by atoms with E-state index < -0.39 is 0 Å². The molecular formula is C14H28. The second-order valence-corrected chi connectivity index (χ2v) is 6.62. The lowest BCUT2D eigenvalue weighted by molar-refractivity contribution is 0.0472. The van der Waals surface area contributed by atoms with E-state index in [1.165, 1.54) is 19.3 Å². The predicted octanol–water partition coefficient (Wildman–Crippen LogP) is 4.74. The molecule has 1 saturated carbocycles. The number of rotatable bonds is 2. The molecule has 84 valence electrons. The Kier molecular flexibility index (Phi) is 3.66. The fraction of sp³-hybridized carbons (Fsp3) is 1.00. The van der Waals surface area contributed by atoms with Gasteiger partial charge in [-0.1, -0.05) is 41.5 Å². The van der Waals surface area contributed by atoms with E-state index >= 15 is 0 Å². The number of hydrogen-bond donors (Lipinski definition) is 0. The summed E-state index contributed by atoms with van der Waals surface area (Å²) in [6.07, 6.45) is 4.34. The Morgan fingerprint density at radius 2 is 1.57 bits per heavy atom. The van der Waals surface area contributed by atoms with Gasteiger partial charge in [0.1, 0.15) is 0 Å². The summed E-state index contributed by atoms with van der Waals surface area (Å²) >= 11 is 0. The maximum absolute atomic E-state index is 2.47. The molecule has 0 amide bonds. The molecule has 14 heavy (non-hydrogen) atoms. The summed E-state index contributed by atoms with van der Waals surface area (Å²) in [5, 5.41) is 0. The standard InChI is InChI=1S/C14H28/c1-10(2)12-7-8-14(5,6)13(9-12)11(3)4/h10-13H,7-9H2,1-6H3. The van der Waals surface area contributed by atoms with Crippen LogP contribution in [0.5, 0.6) is 0 Å². The summed E-state index contributed by atoms with van der Waals surface area (Å²) in [6.45, 7) is 14.5. The van der Waals surface area contributed by atoms with Gasteiger partial charge in [0.25, 0.3) is 0 Å². The van der Waals surface area contributed by atoms with E-state index in [1.54, 1.807) is 0 Å². The Bertz CT molecular complexity index is 176. The zero-order valence-electron chi connectivity index (χ0n) is 10.9. The molecule has 2 atom stereocenters. The molecule has 0 aromatic heterocycles. The van der Waals surface area contributed by atoms with Gasteiger partial charge in [0.2, 0.25) is 0 Å². The third kappa shape index (κ3) is 2.52. The van der Waals surface area contributed by atoms with Crippen LogP contribution in [-0.2, 0) is 0 Å². The lowest BCUT2D eigenvalue weighted by atomic mass is 9.60. The van der Waals surface area contributed by atoms with Crippen LogP contribution < -0.4 is 0 Å². The van der Waals surface area contributed by atoms with Crippen molar-refractivity contribution in [2.24, 2.45) is 29.1 Å². The molecule has 1 rings (SSSR count). The van der Waals surface area contributed by atoms with E-state index in [4.69, 9.17) is 0 Å². The molecule has 0 heteroatoms. The third-order valence-electron chi connectivity index (χ3n) is 4.47. The fourth-order valence-corrected chi connectivity index (χ4v) is 3.29. The molecule has 0 nitrogen and oxygen atoms in total. The minimum atomic E-state index is 0.583. The summed E-state index contributed by atoms with van der Waals surface area (Å²) in [4.78, 5) is 0. The van der Waals surface area contributed by atoms with Crippen LogP contribution in [0, 0.1) is 29.1 Å². The third-order valence-corrected chi connectivity index (χ3v) is 4.47. The Labute approximate surface area is 90.5 Å². The van der Waals surface area contributed by atoms with Crippen molar-refractivity contribution in [1.82, 2.24) is 0 Å². The molecule has 0 saturated heterocycles. The van der Waals surface area contributed by atoms with Crippen molar-refractivity contribution in [3.05, 3.63) is 0 Å². The molecule has 0 aromatic rings. The van der Waals surface area contributed by atoms with E-state index in [2.05, 4.69) is 41.5 Å². The Hall–Kier alpha value is 0.